The van der Waals surface area contributed by atoms with Crippen LogP contribution in [0.15, 0.2) is 0 Å². The first-order chi connectivity index (χ1) is 3.15. The van der Waals surface area contributed by atoms with Gasteiger partial charge < -0.3 is 9.87 Å². The van der Waals surface area contributed by atoms with Gasteiger partial charge in [0.2, 0.25) is 0 Å². The van der Waals surface area contributed by atoms with Crippen LogP contribution in [0, 0.1) is 21.4 Å². The van der Waals surface area contributed by atoms with Gasteiger partial charge in [-0.25, -0.2) is 0 Å². The van der Waals surface area contributed by atoms with Crippen molar-refractivity contribution in [3.05, 3.63) is 10.1 Å². The summed E-state index contributed by atoms with van der Waals surface area (Å²) >= 11 is -0.167. The monoisotopic (exact) mass is 195 g/mol. The molecule has 0 saturated carbocycles. The van der Waals surface area contributed by atoms with Crippen LogP contribution in [0.1, 0.15) is 0 Å². The zero-order chi connectivity index (χ0) is 6.28. The second-order valence-electron chi connectivity index (χ2n) is 0.307. The normalized spacial score (nSPS) is 4.67. The molecule has 0 amide bonds. The van der Waals surface area contributed by atoms with Crippen molar-refractivity contribution in [1.82, 2.24) is 0 Å². The summed E-state index contributed by atoms with van der Waals surface area (Å²) in [5.74, 6) is 0. The number of halogens is 1. The molecule has 0 spiro atoms. The van der Waals surface area contributed by atoms with E-state index in [1.165, 1.54) is 0 Å². The molecule has 0 aliphatic carbocycles. The van der Waals surface area contributed by atoms with Crippen molar-refractivity contribution in [2.24, 2.45) is 0 Å². The molecule has 2 N–H and O–H groups in total. The van der Waals surface area contributed by atoms with E-state index in [-0.39, 0.29) is 78.6 Å². The van der Waals surface area contributed by atoms with Crippen molar-refractivity contribution in [3.8, 4) is 0 Å². The molecular weight excluding hydrogens is 193 g/mol. The van der Waals surface area contributed by atoms with E-state index < -0.39 is 5.09 Å². The van der Waals surface area contributed by atoms with Gasteiger partial charge in [-0.05, 0) is 0 Å². The second kappa shape index (κ2) is 22.6. The largest absolute Gasteiger partial charge is 0.506 e. The topological polar surface area (TPSA) is 107 Å². The van der Waals surface area contributed by atoms with Crippen molar-refractivity contribution in [2.75, 3.05) is 0 Å². The molecule has 0 aliphatic heterocycles. The Bertz CT molecular complexity index is 48.2. The average molecular weight is 196 g/mol. The van der Waals surface area contributed by atoms with Crippen LogP contribution in [0.4, 0.5) is 0 Å². The average Bonchev–Trinajstić information content (AvgIpc) is 1.33. The fourth-order valence-electron chi connectivity index (χ4n) is 0. The molecule has 0 unspecified atom stereocenters. The molecule has 0 heterocycles. The minimum atomic E-state index is -1.50. The van der Waals surface area contributed by atoms with Crippen LogP contribution in [-0.2, 0) is 0 Å². The first-order valence-electron chi connectivity index (χ1n) is 0.888. The fraction of sp³-hybridized carbons (Fsp3) is 0. The van der Waals surface area contributed by atoms with Gasteiger partial charge in [-0.15, -0.1) is 14.8 Å². The van der Waals surface area contributed by atoms with Crippen LogP contribution in [0.25, 0.3) is 0 Å². The summed E-state index contributed by atoms with van der Waals surface area (Å²) in [5.41, 5.74) is 0. The Morgan fingerprint density at radius 2 is 1.56 bits per heavy atom. The first kappa shape index (κ1) is 22.4. The van der Waals surface area contributed by atoms with Crippen molar-refractivity contribution in [2.45, 2.75) is 0 Å². The Morgan fingerprint density at radius 1 is 1.56 bits per heavy atom. The molecule has 0 bridgehead atoms. The maximum Gasteiger partial charge on any atom is 0.327 e. The Morgan fingerprint density at radius 3 is 1.56 bits per heavy atom. The predicted octanol–water partition coefficient (Wildman–Crippen LogP) is -3.12. The molecule has 0 aromatic rings. The van der Waals surface area contributed by atoms with Crippen molar-refractivity contribution < 1.29 is 30.9 Å². The van der Waals surface area contributed by atoms with Crippen molar-refractivity contribution in [3.63, 3.8) is 0 Å². The Labute approximate surface area is 107 Å². The van der Waals surface area contributed by atoms with Crippen LogP contribution in [0.5, 0.6) is 0 Å². The molecule has 0 aromatic heterocycles. The summed E-state index contributed by atoms with van der Waals surface area (Å²) in [6.45, 7) is 0. The molecular formula is H3CaClNNaO5+2. The summed E-state index contributed by atoms with van der Waals surface area (Å²) < 4.78 is 15.2. The number of nitrogens with zero attached hydrogens (tertiary/aromatic N) is 1. The van der Waals surface area contributed by atoms with Gasteiger partial charge in [-0.3, -0.25) is 0 Å². The van der Waals surface area contributed by atoms with Gasteiger partial charge in [-0.2, -0.15) is 0 Å². The van der Waals surface area contributed by atoms with E-state index in [0.717, 1.165) is 0 Å². The van der Waals surface area contributed by atoms with Crippen LogP contribution in [0.2, 0.25) is 0 Å². The van der Waals surface area contributed by atoms with Crippen molar-refractivity contribution in [1.29, 1.82) is 0 Å². The zero-order valence-electron chi connectivity index (χ0n) is 3.65. The van der Waals surface area contributed by atoms with E-state index in [2.05, 4.69) is 0 Å². The minimum absolute atomic E-state index is 0. The van der Waals surface area contributed by atoms with Crippen LogP contribution < -0.4 is 4.66 Å². The minimum Gasteiger partial charge on any atom is -0.506 e. The summed E-state index contributed by atoms with van der Waals surface area (Å²) in [6, 6.07) is 0. The van der Waals surface area contributed by atoms with Gasteiger partial charge in [-0.1, -0.05) is 0 Å². The molecule has 6 nitrogen and oxygen atoms in total. The smallest absolute Gasteiger partial charge is 0.327 e. The molecule has 0 fully saturated rings. The maximum absolute atomic E-state index is 8.36. The number of hydrogen-bond donors (Lipinski definition) is 2. The Balaban J connectivity index is -0.0000000233. The maximum atomic E-state index is 8.36. The summed E-state index contributed by atoms with van der Waals surface area (Å²) in [6.07, 6.45) is 0. The first-order valence-corrected chi connectivity index (χ1v) is 1.54. The Kier molecular flexibility index (Phi) is 56.3. The molecule has 0 radical (unpaired) electrons. The zero-order valence-corrected chi connectivity index (χ0v) is 6.62. The summed E-state index contributed by atoms with van der Waals surface area (Å²) in [7, 11) is 0. The van der Waals surface area contributed by atoms with Crippen molar-refractivity contribution >= 4 is 67.3 Å². The predicted molar refractivity (Wildman–Crippen MR) is 23.9 cm³/mol. The SMILES string of the molecule is O=[N+]([O-])O.[Ca+2].[NaH].[O-][Cl+]O. The van der Waals surface area contributed by atoms with Crippen LogP contribution in [-0.4, -0.2) is 82.2 Å². The van der Waals surface area contributed by atoms with E-state index in [0.29, 0.717) is 0 Å². The van der Waals surface area contributed by atoms with E-state index in [4.69, 9.17) is 24.6 Å². The molecule has 46 valence electrons. The van der Waals surface area contributed by atoms with E-state index >= 15 is 0 Å². The second-order valence-corrected chi connectivity index (χ2v) is 0.445. The fourth-order valence-corrected chi connectivity index (χ4v) is 0. The quantitative estimate of drug-likeness (QED) is 0.242. The molecule has 0 atom stereocenters. The molecule has 9 heteroatoms. The van der Waals surface area contributed by atoms with Gasteiger partial charge in [0.15, 0.2) is 0 Å². The summed E-state index contributed by atoms with van der Waals surface area (Å²) in [4.78, 5) is 8.36. The number of hydrogen-bond acceptors (Lipinski definition) is 4. The van der Waals surface area contributed by atoms with Crippen LogP contribution >= 0.6 is 0 Å². The van der Waals surface area contributed by atoms with E-state index in [9.17, 15) is 0 Å². The van der Waals surface area contributed by atoms with E-state index in [1.54, 1.807) is 0 Å². The number of rotatable bonds is 0. The molecule has 0 aromatic carbocycles. The van der Waals surface area contributed by atoms with Gasteiger partial charge in [0.05, 0.1) is 0 Å². The Hall–Kier alpha value is 1.67. The third kappa shape index (κ3) is 204. The van der Waals surface area contributed by atoms with E-state index in [1.807, 2.05) is 0 Å². The van der Waals surface area contributed by atoms with Gasteiger partial charge in [0, 0.05) is 0 Å². The summed E-state index contributed by atoms with van der Waals surface area (Å²) in [5, 5.41) is 13.6. The molecule has 0 saturated heterocycles. The standard InChI is InChI=1S/Ca.ClHO2.HNO3.Na.H/c;2-1-3;2-1(3)4;;/h;2H;(H,2,3,4);;/q+2;;;;. The van der Waals surface area contributed by atoms with Gasteiger partial charge in [0.25, 0.3) is 5.09 Å². The molecule has 0 rings (SSSR count). The van der Waals surface area contributed by atoms with Crippen LogP contribution in [0.3, 0.4) is 0 Å². The third-order valence-corrected chi connectivity index (χ3v) is 0. The van der Waals surface area contributed by atoms with Gasteiger partial charge >= 0.3 is 78.6 Å². The van der Waals surface area contributed by atoms with Gasteiger partial charge in [0.1, 0.15) is 0 Å². The third-order valence-electron chi connectivity index (χ3n) is 0. The molecule has 9 heavy (non-hydrogen) atoms. The molecule has 0 aliphatic rings.